The van der Waals surface area contributed by atoms with Gasteiger partial charge in [0.2, 0.25) is 12.0 Å². The van der Waals surface area contributed by atoms with E-state index < -0.39 is 12.0 Å². The Morgan fingerprint density at radius 1 is 1.15 bits per heavy atom. The SMILES string of the molecule is CCC(C)OCC(Oc1ncnc2c1cnn2-c1ccccc1Cl)C(=O)Nc1ccccn1. The topological polar surface area (TPSA) is 104 Å². The molecule has 33 heavy (non-hydrogen) atoms. The molecule has 0 fully saturated rings. The molecule has 1 aromatic carbocycles. The Balaban J connectivity index is 1.63. The molecule has 3 heterocycles. The Kier molecular flexibility index (Phi) is 7.11. The van der Waals surface area contributed by atoms with Crippen molar-refractivity contribution in [1.29, 1.82) is 0 Å². The van der Waals surface area contributed by atoms with Crippen molar-refractivity contribution >= 4 is 34.4 Å². The first-order valence-corrected chi connectivity index (χ1v) is 10.9. The molecule has 0 radical (unpaired) electrons. The summed E-state index contributed by atoms with van der Waals surface area (Å²) in [5.41, 5.74) is 1.17. The van der Waals surface area contributed by atoms with E-state index in [1.54, 1.807) is 41.3 Å². The minimum atomic E-state index is -0.970. The van der Waals surface area contributed by atoms with Crippen molar-refractivity contribution in [3.05, 3.63) is 66.2 Å². The largest absolute Gasteiger partial charge is 0.461 e. The molecule has 1 amide bonds. The van der Waals surface area contributed by atoms with Gasteiger partial charge < -0.3 is 14.8 Å². The van der Waals surface area contributed by atoms with E-state index in [-0.39, 0.29) is 18.6 Å². The number of ether oxygens (including phenoxy) is 2. The number of benzene rings is 1. The van der Waals surface area contributed by atoms with E-state index in [1.165, 1.54) is 6.33 Å². The average molecular weight is 467 g/mol. The molecule has 3 aromatic heterocycles. The fourth-order valence-electron chi connectivity index (χ4n) is 3.03. The maximum absolute atomic E-state index is 13.0. The summed E-state index contributed by atoms with van der Waals surface area (Å²) < 4.78 is 13.4. The van der Waals surface area contributed by atoms with Crippen LogP contribution in [0, 0.1) is 0 Å². The van der Waals surface area contributed by atoms with Crippen molar-refractivity contribution in [3.8, 4) is 11.6 Å². The minimum absolute atomic E-state index is 0.0351. The van der Waals surface area contributed by atoms with Gasteiger partial charge in [0.15, 0.2) is 5.65 Å². The van der Waals surface area contributed by atoms with Crippen LogP contribution in [0.1, 0.15) is 20.3 Å². The fourth-order valence-corrected chi connectivity index (χ4v) is 3.24. The van der Waals surface area contributed by atoms with Crippen molar-refractivity contribution in [3.63, 3.8) is 0 Å². The molecular formula is C23H23ClN6O3. The summed E-state index contributed by atoms with van der Waals surface area (Å²) in [6, 6.07) is 12.5. The molecule has 0 spiro atoms. The van der Waals surface area contributed by atoms with E-state index in [9.17, 15) is 4.79 Å². The number of pyridine rings is 1. The second-order valence-corrected chi connectivity index (χ2v) is 7.69. The third kappa shape index (κ3) is 5.27. The maximum atomic E-state index is 13.0. The average Bonchev–Trinajstić information content (AvgIpc) is 3.27. The van der Waals surface area contributed by atoms with Gasteiger partial charge >= 0.3 is 0 Å². The Bertz CT molecular complexity index is 1230. The molecule has 2 unspecified atom stereocenters. The van der Waals surface area contributed by atoms with Gasteiger partial charge in [0.1, 0.15) is 17.5 Å². The zero-order valence-corrected chi connectivity index (χ0v) is 18.9. The first-order chi connectivity index (χ1) is 16.1. The van der Waals surface area contributed by atoms with Crippen LogP contribution < -0.4 is 10.1 Å². The molecule has 2 atom stereocenters. The number of rotatable bonds is 9. The minimum Gasteiger partial charge on any atom is -0.461 e. The van der Waals surface area contributed by atoms with Gasteiger partial charge in [-0.3, -0.25) is 4.79 Å². The number of halogens is 1. The lowest BCUT2D eigenvalue weighted by molar-refractivity contribution is -0.126. The molecule has 0 aliphatic carbocycles. The molecule has 0 aliphatic rings. The molecule has 4 aromatic rings. The number of carbonyl (C=O) groups excluding carboxylic acids is 1. The smallest absolute Gasteiger partial charge is 0.269 e. The summed E-state index contributed by atoms with van der Waals surface area (Å²) in [4.78, 5) is 25.7. The van der Waals surface area contributed by atoms with Crippen LogP contribution in [0.2, 0.25) is 5.02 Å². The Morgan fingerprint density at radius 2 is 1.97 bits per heavy atom. The predicted octanol–water partition coefficient (Wildman–Crippen LogP) is 4.07. The molecule has 1 N–H and O–H groups in total. The molecule has 170 valence electrons. The number of amides is 1. The van der Waals surface area contributed by atoms with Crippen molar-refractivity contribution < 1.29 is 14.3 Å². The zero-order chi connectivity index (χ0) is 23.2. The highest BCUT2D eigenvalue weighted by molar-refractivity contribution is 6.32. The van der Waals surface area contributed by atoms with E-state index >= 15 is 0 Å². The summed E-state index contributed by atoms with van der Waals surface area (Å²) in [5, 5.41) is 8.22. The Hall–Kier alpha value is -3.56. The quantitative estimate of drug-likeness (QED) is 0.396. The molecule has 0 saturated heterocycles. The summed E-state index contributed by atoms with van der Waals surface area (Å²) in [7, 11) is 0. The van der Waals surface area contributed by atoms with Crippen molar-refractivity contribution in [1.82, 2.24) is 24.7 Å². The number of para-hydroxylation sites is 1. The number of anilines is 1. The van der Waals surface area contributed by atoms with Crippen molar-refractivity contribution in [2.75, 3.05) is 11.9 Å². The molecule has 4 rings (SSSR count). The number of nitrogens with one attached hydrogen (secondary N) is 1. The van der Waals surface area contributed by atoms with Crippen LogP contribution in [0.15, 0.2) is 61.2 Å². The second kappa shape index (κ2) is 10.4. The van der Waals surface area contributed by atoms with Crippen LogP contribution in [0.4, 0.5) is 5.82 Å². The van der Waals surface area contributed by atoms with Gasteiger partial charge in [0.05, 0.1) is 29.6 Å². The van der Waals surface area contributed by atoms with Crippen LogP contribution >= 0.6 is 11.6 Å². The molecule has 0 bridgehead atoms. The first-order valence-electron chi connectivity index (χ1n) is 10.5. The van der Waals surface area contributed by atoms with Gasteiger partial charge in [-0.1, -0.05) is 36.7 Å². The lowest BCUT2D eigenvalue weighted by atomic mass is 10.3. The monoisotopic (exact) mass is 466 g/mol. The van der Waals surface area contributed by atoms with Crippen LogP contribution in [-0.4, -0.2) is 49.5 Å². The zero-order valence-electron chi connectivity index (χ0n) is 18.2. The molecule has 0 saturated carbocycles. The molecule has 9 nitrogen and oxygen atoms in total. The second-order valence-electron chi connectivity index (χ2n) is 7.29. The predicted molar refractivity (Wildman–Crippen MR) is 125 cm³/mol. The third-order valence-corrected chi connectivity index (χ3v) is 5.30. The fraction of sp³-hybridized carbons (Fsp3) is 0.261. The normalized spacial score (nSPS) is 12.9. The maximum Gasteiger partial charge on any atom is 0.269 e. The summed E-state index contributed by atoms with van der Waals surface area (Å²) in [5.74, 6) is 0.230. The number of nitrogens with zero attached hydrogens (tertiary/aromatic N) is 5. The van der Waals surface area contributed by atoms with E-state index in [1.807, 2.05) is 32.0 Å². The van der Waals surface area contributed by atoms with Gasteiger partial charge in [-0.05, 0) is 37.6 Å². The third-order valence-electron chi connectivity index (χ3n) is 4.98. The van der Waals surface area contributed by atoms with Gasteiger partial charge in [-0.25, -0.2) is 19.6 Å². The number of hydrogen-bond donors (Lipinski definition) is 1. The lowest BCUT2D eigenvalue weighted by Gasteiger charge is -2.20. The van der Waals surface area contributed by atoms with Gasteiger partial charge in [-0.2, -0.15) is 5.10 Å². The Morgan fingerprint density at radius 3 is 2.73 bits per heavy atom. The summed E-state index contributed by atoms with van der Waals surface area (Å²) in [6.07, 6.45) is 4.33. The highest BCUT2D eigenvalue weighted by Crippen LogP contribution is 2.27. The Labute approximate surface area is 195 Å². The highest BCUT2D eigenvalue weighted by Gasteiger charge is 2.25. The number of hydrogen-bond acceptors (Lipinski definition) is 7. The van der Waals surface area contributed by atoms with Crippen LogP contribution in [0.25, 0.3) is 16.7 Å². The van der Waals surface area contributed by atoms with E-state index in [4.69, 9.17) is 21.1 Å². The molecule has 0 aliphatic heterocycles. The van der Waals surface area contributed by atoms with Crippen LogP contribution in [0.3, 0.4) is 0 Å². The molecular weight excluding hydrogens is 444 g/mol. The standard InChI is InChI=1S/C23H23ClN6O3/c1-3-15(2)32-13-19(22(31)29-20-10-6-7-11-25-20)33-23-16-12-28-30(21(16)26-14-27-23)18-9-5-4-8-17(18)24/h4-12,14-15,19H,3,13H2,1-2H3,(H,25,29,31). The van der Waals surface area contributed by atoms with E-state index in [0.29, 0.717) is 27.6 Å². The number of aromatic nitrogens is 5. The van der Waals surface area contributed by atoms with E-state index in [2.05, 4.69) is 25.4 Å². The molecule has 10 heteroatoms. The van der Waals surface area contributed by atoms with Crippen molar-refractivity contribution in [2.45, 2.75) is 32.5 Å². The first kappa shape index (κ1) is 22.6. The number of fused-ring (bicyclic) bond motifs is 1. The van der Waals surface area contributed by atoms with Gasteiger partial charge in [0, 0.05) is 6.20 Å². The van der Waals surface area contributed by atoms with Gasteiger partial charge in [-0.15, -0.1) is 0 Å². The van der Waals surface area contributed by atoms with Crippen LogP contribution in [-0.2, 0) is 9.53 Å². The number of carbonyl (C=O) groups is 1. The summed E-state index contributed by atoms with van der Waals surface area (Å²) in [6.45, 7) is 3.98. The van der Waals surface area contributed by atoms with Crippen LogP contribution in [0.5, 0.6) is 5.88 Å². The van der Waals surface area contributed by atoms with Crippen molar-refractivity contribution in [2.24, 2.45) is 0 Å². The van der Waals surface area contributed by atoms with Gasteiger partial charge in [0.25, 0.3) is 5.91 Å². The highest BCUT2D eigenvalue weighted by atomic mass is 35.5. The van der Waals surface area contributed by atoms with E-state index in [0.717, 1.165) is 6.42 Å². The lowest BCUT2D eigenvalue weighted by Crippen LogP contribution is -2.38. The summed E-state index contributed by atoms with van der Waals surface area (Å²) >= 11 is 6.33.